The molecule has 2 rings (SSSR count). The van der Waals surface area contributed by atoms with Gasteiger partial charge in [-0.25, -0.2) is 8.42 Å². The Bertz CT molecular complexity index is 567. The monoisotopic (exact) mass is 314 g/mol. The number of rotatable bonds is 6. The van der Waals surface area contributed by atoms with Crippen molar-refractivity contribution in [1.29, 1.82) is 0 Å². The number of aryl methyl sites for hydroxylation is 1. The maximum absolute atomic E-state index is 12.8. The first-order valence-electron chi connectivity index (χ1n) is 7.72. The summed E-state index contributed by atoms with van der Waals surface area (Å²) in [5.74, 6) is 0. The number of hydrogen-bond acceptors (Lipinski definition) is 3. The molecule has 0 amide bonds. The molecule has 21 heavy (non-hydrogen) atoms. The number of nitrogens with zero attached hydrogens (tertiary/aromatic N) is 2. The van der Waals surface area contributed by atoms with Gasteiger partial charge >= 0.3 is 0 Å². The maximum Gasteiger partial charge on any atom is 0.244 e. The third-order valence-corrected chi connectivity index (χ3v) is 6.82. The molecule has 0 saturated carbocycles. The molecule has 1 aliphatic heterocycles. The Balaban J connectivity index is 2.29. The van der Waals surface area contributed by atoms with E-state index < -0.39 is 10.0 Å². The van der Waals surface area contributed by atoms with Crippen LogP contribution >= 0.6 is 0 Å². The largest absolute Gasteiger partial charge is 0.390 e. The van der Waals surface area contributed by atoms with E-state index in [-0.39, 0.29) is 12.0 Å². The van der Waals surface area contributed by atoms with Gasteiger partial charge in [0.2, 0.25) is 10.0 Å². The molecule has 0 unspecified atom stereocenters. The van der Waals surface area contributed by atoms with E-state index in [0.29, 0.717) is 30.2 Å². The second-order valence-corrected chi connectivity index (χ2v) is 7.84. The molecule has 1 N–H and O–H groups in total. The van der Waals surface area contributed by atoms with Crippen LogP contribution in [0.1, 0.15) is 45.7 Å². The minimum Gasteiger partial charge on any atom is -0.390 e. The van der Waals surface area contributed by atoms with Crippen molar-refractivity contribution in [3.05, 3.63) is 18.0 Å². The van der Waals surface area contributed by atoms with Gasteiger partial charge in [0.15, 0.2) is 0 Å². The van der Waals surface area contributed by atoms with Gasteiger partial charge in [0, 0.05) is 31.5 Å². The van der Waals surface area contributed by atoms with E-state index in [1.54, 1.807) is 21.1 Å². The highest BCUT2D eigenvalue weighted by atomic mass is 32.2. The Labute approximate surface area is 127 Å². The fraction of sp³-hybridized carbons (Fsp3) is 0.733. The van der Waals surface area contributed by atoms with Gasteiger partial charge in [-0.1, -0.05) is 13.8 Å². The molecular weight excluding hydrogens is 288 g/mol. The predicted octanol–water partition coefficient (Wildman–Crippen LogP) is 2.20. The van der Waals surface area contributed by atoms with Crippen molar-refractivity contribution in [1.82, 2.24) is 8.87 Å². The SMILES string of the molecule is CCn1cc(S(=O)(=O)N2CCC(CC)(CC)C2)cc1CO. The minimum atomic E-state index is -3.45. The van der Waals surface area contributed by atoms with Gasteiger partial charge in [0.1, 0.15) is 4.90 Å². The molecule has 0 aromatic carbocycles. The van der Waals surface area contributed by atoms with Crippen LogP contribution < -0.4 is 0 Å². The lowest BCUT2D eigenvalue weighted by Crippen LogP contribution is -2.31. The zero-order valence-electron chi connectivity index (χ0n) is 13.2. The van der Waals surface area contributed by atoms with E-state index in [0.717, 1.165) is 19.3 Å². The van der Waals surface area contributed by atoms with Crippen molar-refractivity contribution in [2.45, 2.75) is 58.1 Å². The lowest BCUT2D eigenvalue weighted by Gasteiger charge is -2.26. The number of sulfonamides is 1. The summed E-state index contributed by atoms with van der Waals surface area (Å²) in [5.41, 5.74) is 0.771. The third-order valence-electron chi connectivity index (χ3n) is 5.00. The summed E-state index contributed by atoms with van der Waals surface area (Å²) in [6, 6.07) is 1.59. The number of aliphatic hydroxyl groups excluding tert-OH is 1. The highest BCUT2D eigenvalue weighted by Crippen LogP contribution is 2.39. The molecule has 5 nitrogen and oxygen atoms in total. The lowest BCUT2D eigenvalue weighted by atomic mass is 9.82. The summed E-state index contributed by atoms with van der Waals surface area (Å²) >= 11 is 0. The van der Waals surface area contributed by atoms with E-state index in [2.05, 4.69) is 13.8 Å². The molecule has 1 aromatic heterocycles. The summed E-state index contributed by atoms with van der Waals surface area (Å²) in [6.45, 7) is 7.92. The van der Waals surface area contributed by atoms with Gasteiger partial charge in [0.25, 0.3) is 0 Å². The molecule has 0 aliphatic carbocycles. The number of aromatic nitrogens is 1. The van der Waals surface area contributed by atoms with Crippen LogP contribution in [-0.2, 0) is 23.2 Å². The van der Waals surface area contributed by atoms with Crippen LogP contribution in [-0.4, -0.2) is 35.5 Å². The van der Waals surface area contributed by atoms with Crippen molar-refractivity contribution in [3.8, 4) is 0 Å². The van der Waals surface area contributed by atoms with Crippen LogP contribution in [0.15, 0.2) is 17.2 Å². The first kappa shape index (κ1) is 16.5. The fourth-order valence-corrected chi connectivity index (χ4v) is 4.79. The van der Waals surface area contributed by atoms with Crippen molar-refractivity contribution in [2.75, 3.05) is 13.1 Å². The van der Waals surface area contributed by atoms with Crippen LogP contribution in [0.2, 0.25) is 0 Å². The molecule has 0 spiro atoms. The van der Waals surface area contributed by atoms with E-state index in [4.69, 9.17) is 0 Å². The Hall–Kier alpha value is -0.850. The standard InChI is InChI=1S/C15H26N2O3S/c1-4-15(5-2)7-8-17(12-15)21(19,20)14-9-13(11-18)16(6-3)10-14/h9-10,18H,4-8,11-12H2,1-3H3. The Morgan fingerprint density at radius 3 is 2.38 bits per heavy atom. The molecule has 0 bridgehead atoms. The first-order chi connectivity index (χ1) is 9.92. The molecule has 0 radical (unpaired) electrons. The Morgan fingerprint density at radius 1 is 1.29 bits per heavy atom. The van der Waals surface area contributed by atoms with Crippen molar-refractivity contribution in [2.24, 2.45) is 5.41 Å². The van der Waals surface area contributed by atoms with Crippen molar-refractivity contribution >= 4 is 10.0 Å². The maximum atomic E-state index is 12.8. The van der Waals surface area contributed by atoms with Crippen LogP contribution in [0.25, 0.3) is 0 Å². The average Bonchev–Trinajstić information content (AvgIpc) is 3.12. The lowest BCUT2D eigenvalue weighted by molar-refractivity contribution is 0.271. The highest BCUT2D eigenvalue weighted by molar-refractivity contribution is 7.89. The fourth-order valence-electron chi connectivity index (χ4n) is 3.17. The van der Waals surface area contributed by atoms with E-state index in [1.807, 2.05) is 6.92 Å². The number of aliphatic hydroxyl groups is 1. The summed E-state index contributed by atoms with van der Waals surface area (Å²) in [4.78, 5) is 0.302. The first-order valence-corrected chi connectivity index (χ1v) is 9.16. The van der Waals surface area contributed by atoms with Gasteiger partial charge in [-0.05, 0) is 37.7 Å². The van der Waals surface area contributed by atoms with Gasteiger partial charge < -0.3 is 9.67 Å². The van der Waals surface area contributed by atoms with E-state index in [9.17, 15) is 13.5 Å². The van der Waals surface area contributed by atoms with Gasteiger partial charge in [-0.2, -0.15) is 4.31 Å². The van der Waals surface area contributed by atoms with Crippen LogP contribution in [0.3, 0.4) is 0 Å². The molecule has 1 aliphatic rings. The van der Waals surface area contributed by atoms with E-state index in [1.165, 1.54) is 0 Å². The molecule has 0 atom stereocenters. The van der Waals surface area contributed by atoms with Gasteiger partial charge in [-0.3, -0.25) is 0 Å². The van der Waals surface area contributed by atoms with Crippen LogP contribution in [0.5, 0.6) is 0 Å². The van der Waals surface area contributed by atoms with E-state index >= 15 is 0 Å². The second kappa shape index (κ2) is 6.10. The molecule has 2 heterocycles. The molecule has 1 fully saturated rings. The van der Waals surface area contributed by atoms with Gasteiger partial charge in [-0.15, -0.1) is 0 Å². The van der Waals surface area contributed by atoms with Crippen molar-refractivity contribution < 1.29 is 13.5 Å². The molecule has 6 heteroatoms. The van der Waals surface area contributed by atoms with Crippen molar-refractivity contribution in [3.63, 3.8) is 0 Å². The predicted molar refractivity (Wildman–Crippen MR) is 82.4 cm³/mol. The number of hydrogen-bond donors (Lipinski definition) is 1. The van der Waals surface area contributed by atoms with Crippen LogP contribution in [0.4, 0.5) is 0 Å². The zero-order valence-corrected chi connectivity index (χ0v) is 14.0. The molecule has 120 valence electrons. The molecule has 1 saturated heterocycles. The molecular formula is C15H26N2O3S. The highest BCUT2D eigenvalue weighted by Gasteiger charge is 2.40. The molecule has 1 aromatic rings. The topological polar surface area (TPSA) is 62.5 Å². The average molecular weight is 314 g/mol. The second-order valence-electron chi connectivity index (χ2n) is 5.91. The summed E-state index contributed by atoms with van der Waals surface area (Å²) in [5, 5.41) is 9.32. The minimum absolute atomic E-state index is 0.125. The Kier molecular flexibility index (Phi) is 4.80. The third kappa shape index (κ3) is 2.89. The smallest absolute Gasteiger partial charge is 0.244 e. The Morgan fingerprint density at radius 2 is 1.95 bits per heavy atom. The summed E-state index contributed by atoms with van der Waals surface area (Å²) in [7, 11) is -3.45. The normalized spacial score (nSPS) is 19.2. The van der Waals surface area contributed by atoms with Gasteiger partial charge in [0.05, 0.1) is 6.61 Å². The quantitative estimate of drug-likeness (QED) is 0.875. The zero-order chi connectivity index (χ0) is 15.7. The van der Waals surface area contributed by atoms with Crippen LogP contribution in [0, 0.1) is 5.41 Å². The summed E-state index contributed by atoms with van der Waals surface area (Å²) < 4.78 is 29.0. The summed E-state index contributed by atoms with van der Waals surface area (Å²) in [6.07, 6.45) is 4.58.